The summed E-state index contributed by atoms with van der Waals surface area (Å²) in [6.45, 7) is 1.60. The maximum atomic E-state index is 13.0. The topological polar surface area (TPSA) is 63.3 Å². The molecule has 13 heavy (non-hydrogen) atoms. The van der Waals surface area contributed by atoms with Gasteiger partial charge in [0.15, 0.2) is 0 Å². The first-order valence-electron chi connectivity index (χ1n) is 3.80. The molecule has 4 heteroatoms. The van der Waals surface area contributed by atoms with Crippen molar-refractivity contribution in [2.24, 2.45) is 5.73 Å². The van der Waals surface area contributed by atoms with Crippen molar-refractivity contribution < 1.29 is 14.3 Å². The second-order valence-corrected chi connectivity index (χ2v) is 2.83. The van der Waals surface area contributed by atoms with Crippen molar-refractivity contribution in [2.45, 2.75) is 13.0 Å². The Morgan fingerprint density at radius 3 is 2.69 bits per heavy atom. The first-order chi connectivity index (χ1) is 6.02. The van der Waals surface area contributed by atoms with Gasteiger partial charge in [-0.2, -0.15) is 0 Å². The summed E-state index contributed by atoms with van der Waals surface area (Å²) in [6, 6.07) is 3.08. The third kappa shape index (κ3) is 2.03. The average molecular weight is 183 g/mol. The number of carboxylic acids is 1. The van der Waals surface area contributed by atoms with Crippen LogP contribution in [0.5, 0.6) is 0 Å². The minimum atomic E-state index is -1.08. The van der Waals surface area contributed by atoms with E-state index < -0.39 is 17.8 Å². The van der Waals surface area contributed by atoms with Gasteiger partial charge in [0.05, 0.1) is 5.56 Å². The van der Waals surface area contributed by atoms with Gasteiger partial charge in [-0.05, 0) is 25.1 Å². The maximum absolute atomic E-state index is 13.0. The predicted octanol–water partition coefficient (Wildman–Crippen LogP) is 1.54. The molecule has 1 rings (SSSR count). The summed E-state index contributed by atoms with van der Waals surface area (Å²) in [5.41, 5.74) is 5.72. The van der Waals surface area contributed by atoms with Crippen LogP contribution in [0.1, 0.15) is 28.9 Å². The van der Waals surface area contributed by atoms with Crippen LogP contribution in [0.15, 0.2) is 18.2 Å². The molecule has 0 saturated heterocycles. The van der Waals surface area contributed by atoms with Crippen LogP contribution in [0.3, 0.4) is 0 Å². The lowest BCUT2D eigenvalue weighted by Gasteiger charge is -2.07. The third-order valence-corrected chi connectivity index (χ3v) is 1.73. The Hall–Kier alpha value is -1.42. The molecular weight excluding hydrogens is 173 g/mol. The van der Waals surface area contributed by atoms with Crippen LogP contribution >= 0.6 is 0 Å². The van der Waals surface area contributed by atoms with Crippen molar-refractivity contribution in [2.75, 3.05) is 0 Å². The highest BCUT2D eigenvalue weighted by Gasteiger charge is 2.10. The quantitative estimate of drug-likeness (QED) is 0.731. The van der Waals surface area contributed by atoms with E-state index in [9.17, 15) is 9.18 Å². The van der Waals surface area contributed by atoms with Gasteiger partial charge in [-0.25, -0.2) is 9.18 Å². The van der Waals surface area contributed by atoms with Crippen LogP contribution in [-0.2, 0) is 0 Å². The van der Waals surface area contributed by atoms with Gasteiger partial charge in [0.1, 0.15) is 5.82 Å². The Balaban J connectivity index is 3.19. The van der Waals surface area contributed by atoms with Crippen LogP contribution < -0.4 is 5.73 Å². The molecule has 0 aromatic heterocycles. The Morgan fingerprint density at radius 1 is 1.62 bits per heavy atom. The average Bonchev–Trinajstić information content (AvgIpc) is 2.04. The summed E-state index contributed by atoms with van der Waals surface area (Å²) < 4.78 is 13.0. The summed E-state index contributed by atoms with van der Waals surface area (Å²) in [5.74, 6) is -1.55. The van der Waals surface area contributed by atoms with Gasteiger partial charge in [0, 0.05) is 11.6 Å². The Labute approximate surface area is 75.0 Å². The molecule has 1 aromatic rings. The van der Waals surface area contributed by atoms with E-state index in [0.29, 0.717) is 0 Å². The number of hydrogen-bond donors (Lipinski definition) is 2. The maximum Gasteiger partial charge on any atom is 0.335 e. The van der Waals surface area contributed by atoms with E-state index in [1.165, 1.54) is 12.1 Å². The number of hydrogen-bond acceptors (Lipinski definition) is 2. The first kappa shape index (κ1) is 9.67. The molecule has 70 valence electrons. The highest BCUT2D eigenvalue weighted by molar-refractivity contribution is 5.87. The standard InChI is InChI=1S/C9H10FNO2/c1-5(11)7-4-6(9(12)13)2-3-8(7)10/h2-5H,11H2,1H3,(H,12,13). The van der Waals surface area contributed by atoms with Gasteiger partial charge in [-0.3, -0.25) is 0 Å². The molecular formula is C9H10FNO2. The highest BCUT2D eigenvalue weighted by Crippen LogP contribution is 2.16. The van der Waals surface area contributed by atoms with Crippen molar-refractivity contribution in [3.05, 3.63) is 35.1 Å². The summed E-state index contributed by atoms with van der Waals surface area (Å²) in [6.07, 6.45) is 0. The van der Waals surface area contributed by atoms with Crippen LogP contribution in [0, 0.1) is 5.82 Å². The van der Waals surface area contributed by atoms with Crippen molar-refractivity contribution in [1.82, 2.24) is 0 Å². The number of halogens is 1. The van der Waals surface area contributed by atoms with E-state index in [4.69, 9.17) is 10.8 Å². The second-order valence-electron chi connectivity index (χ2n) is 2.83. The van der Waals surface area contributed by atoms with E-state index in [2.05, 4.69) is 0 Å². The van der Waals surface area contributed by atoms with Crippen LogP contribution in [0.25, 0.3) is 0 Å². The molecule has 0 aliphatic rings. The summed E-state index contributed by atoms with van der Waals surface area (Å²) in [5, 5.41) is 8.62. The molecule has 3 N–H and O–H groups in total. The molecule has 0 spiro atoms. The lowest BCUT2D eigenvalue weighted by Crippen LogP contribution is -2.09. The molecule has 1 unspecified atom stereocenters. The predicted molar refractivity (Wildman–Crippen MR) is 46.0 cm³/mol. The minimum Gasteiger partial charge on any atom is -0.478 e. The number of rotatable bonds is 2. The number of carbonyl (C=O) groups is 1. The summed E-state index contributed by atoms with van der Waals surface area (Å²) >= 11 is 0. The number of aromatic carboxylic acids is 1. The lowest BCUT2D eigenvalue weighted by atomic mass is 10.1. The van der Waals surface area contributed by atoms with Gasteiger partial charge < -0.3 is 10.8 Å². The Kier molecular flexibility index (Phi) is 2.63. The zero-order chi connectivity index (χ0) is 10.0. The zero-order valence-electron chi connectivity index (χ0n) is 7.12. The fraction of sp³-hybridized carbons (Fsp3) is 0.222. The van der Waals surface area contributed by atoms with Gasteiger partial charge >= 0.3 is 5.97 Å². The Bertz CT molecular complexity index is 336. The molecule has 0 fully saturated rings. The summed E-state index contributed by atoms with van der Waals surface area (Å²) in [4.78, 5) is 10.5. The molecule has 0 aliphatic carbocycles. The van der Waals surface area contributed by atoms with Crippen LogP contribution in [-0.4, -0.2) is 11.1 Å². The summed E-state index contributed by atoms with van der Waals surface area (Å²) in [7, 11) is 0. The third-order valence-electron chi connectivity index (χ3n) is 1.73. The fourth-order valence-electron chi connectivity index (χ4n) is 1.03. The van der Waals surface area contributed by atoms with Crippen molar-refractivity contribution in [1.29, 1.82) is 0 Å². The number of carboxylic acid groups (broad SMARTS) is 1. The van der Waals surface area contributed by atoms with Gasteiger partial charge in [-0.1, -0.05) is 0 Å². The van der Waals surface area contributed by atoms with Crippen LogP contribution in [0.2, 0.25) is 0 Å². The van der Waals surface area contributed by atoms with E-state index in [-0.39, 0.29) is 11.1 Å². The molecule has 0 bridgehead atoms. The van der Waals surface area contributed by atoms with E-state index in [0.717, 1.165) is 6.07 Å². The molecule has 0 radical (unpaired) electrons. The van der Waals surface area contributed by atoms with Crippen LogP contribution in [0.4, 0.5) is 4.39 Å². The molecule has 1 aromatic carbocycles. The molecule has 3 nitrogen and oxygen atoms in total. The van der Waals surface area contributed by atoms with Gasteiger partial charge in [0.25, 0.3) is 0 Å². The van der Waals surface area contributed by atoms with Gasteiger partial charge in [-0.15, -0.1) is 0 Å². The molecule has 0 heterocycles. The molecule has 1 atom stereocenters. The zero-order valence-corrected chi connectivity index (χ0v) is 7.12. The minimum absolute atomic E-state index is 0.0497. The highest BCUT2D eigenvalue weighted by atomic mass is 19.1. The SMILES string of the molecule is CC(N)c1cc(C(=O)O)ccc1F. The number of benzene rings is 1. The second kappa shape index (κ2) is 3.53. The van der Waals surface area contributed by atoms with Crippen molar-refractivity contribution in [3.63, 3.8) is 0 Å². The van der Waals surface area contributed by atoms with Gasteiger partial charge in [0.2, 0.25) is 0 Å². The Morgan fingerprint density at radius 2 is 2.23 bits per heavy atom. The normalized spacial score (nSPS) is 12.5. The fourth-order valence-corrected chi connectivity index (χ4v) is 1.03. The van der Waals surface area contributed by atoms with E-state index >= 15 is 0 Å². The first-order valence-corrected chi connectivity index (χ1v) is 3.80. The monoisotopic (exact) mass is 183 g/mol. The number of nitrogens with two attached hydrogens (primary N) is 1. The van der Waals surface area contributed by atoms with E-state index in [1.54, 1.807) is 6.92 Å². The molecule has 0 saturated carbocycles. The van der Waals surface area contributed by atoms with Crippen molar-refractivity contribution in [3.8, 4) is 0 Å². The largest absolute Gasteiger partial charge is 0.478 e. The van der Waals surface area contributed by atoms with Crippen molar-refractivity contribution >= 4 is 5.97 Å². The molecule has 0 amide bonds. The lowest BCUT2D eigenvalue weighted by molar-refractivity contribution is 0.0696. The van der Waals surface area contributed by atoms with E-state index in [1.807, 2.05) is 0 Å². The smallest absolute Gasteiger partial charge is 0.335 e. The molecule has 0 aliphatic heterocycles.